The van der Waals surface area contributed by atoms with Gasteiger partial charge in [-0.25, -0.2) is 4.39 Å². The highest BCUT2D eigenvalue weighted by molar-refractivity contribution is 6.03. The van der Waals surface area contributed by atoms with E-state index in [4.69, 9.17) is 34.3 Å². The molecule has 15 heteroatoms. The number of nitrogens with two attached hydrogens (primary N) is 1. The number of ketones is 2. The summed E-state index contributed by atoms with van der Waals surface area (Å²) >= 11 is 0. The van der Waals surface area contributed by atoms with Crippen LogP contribution < -0.4 is 5.73 Å². The zero-order valence-corrected chi connectivity index (χ0v) is 31.8. The van der Waals surface area contributed by atoms with Gasteiger partial charge in [0.2, 0.25) is 0 Å². The van der Waals surface area contributed by atoms with Crippen LogP contribution in [0, 0.1) is 35.5 Å². The summed E-state index contributed by atoms with van der Waals surface area (Å²) in [5, 5.41) is 15.1. The number of ether oxygens (including phenoxy) is 5. The topological polar surface area (TPSA) is 186 Å². The molecule has 0 amide bonds. The minimum absolute atomic E-state index is 0.0364. The smallest absolute Gasteiger partial charge is 0.317 e. The Morgan fingerprint density at radius 1 is 1.08 bits per heavy atom. The SMILES string of the molecule is C=C(F)CO/N=C(/N)C1C(=O)O[C@@]2(C)C1[C@@H](C)C(=O)[C@H](C)C[C@](C)(OC)[C@H](OC1OC(C)CC(N(C)C)C1O)[C@@H](C)C(=O)[C@@H](C)C(=O)O[C@@H]2CC. The molecular formula is C36H58FN3O11. The van der Waals surface area contributed by atoms with E-state index < -0.39 is 101 Å². The number of methoxy groups -OCH3 is 1. The number of esters is 2. The number of aliphatic hydroxyl groups is 1. The van der Waals surface area contributed by atoms with Gasteiger partial charge >= 0.3 is 11.9 Å². The van der Waals surface area contributed by atoms with E-state index in [0.29, 0.717) is 6.42 Å². The predicted octanol–water partition coefficient (Wildman–Crippen LogP) is 2.93. The monoisotopic (exact) mass is 727 g/mol. The lowest BCUT2D eigenvalue weighted by atomic mass is 9.67. The molecule has 0 saturated carbocycles. The van der Waals surface area contributed by atoms with Crippen LogP contribution in [-0.4, -0.2) is 115 Å². The summed E-state index contributed by atoms with van der Waals surface area (Å²) in [6.45, 7) is 15.7. The molecule has 3 rings (SSSR count). The Kier molecular flexibility index (Phi) is 14.0. The van der Waals surface area contributed by atoms with E-state index in [1.54, 1.807) is 41.5 Å². The largest absolute Gasteiger partial charge is 0.458 e. The van der Waals surface area contributed by atoms with Crippen LogP contribution >= 0.6 is 0 Å². The van der Waals surface area contributed by atoms with E-state index in [2.05, 4.69) is 11.7 Å². The first kappa shape index (κ1) is 42.4. The van der Waals surface area contributed by atoms with Gasteiger partial charge in [-0.1, -0.05) is 39.4 Å². The van der Waals surface area contributed by atoms with Crippen molar-refractivity contribution in [2.24, 2.45) is 46.4 Å². The van der Waals surface area contributed by atoms with E-state index in [0.717, 1.165) is 0 Å². The number of oxime groups is 1. The molecule has 290 valence electrons. The molecule has 14 atom stereocenters. The highest BCUT2D eigenvalue weighted by atomic mass is 19.1. The summed E-state index contributed by atoms with van der Waals surface area (Å²) in [5.74, 6) is -10.0. The van der Waals surface area contributed by atoms with Gasteiger partial charge < -0.3 is 44.3 Å². The quantitative estimate of drug-likeness (QED) is 0.116. The van der Waals surface area contributed by atoms with Gasteiger partial charge in [-0.2, -0.15) is 0 Å². The van der Waals surface area contributed by atoms with Crippen molar-refractivity contribution in [2.75, 3.05) is 27.8 Å². The van der Waals surface area contributed by atoms with Crippen LogP contribution in [0.4, 0.5) is 4.39 Å². The van der Waals surface area contributed by atoms with Crippen molar-refractivity contribution in [3.8, 4) is 0 Å². The molecule has 0 aliphatic carbocycles. The number of carbonyl (C=O) groups is 4. The fraction of sp³-hybridized carbons (Fsp3) is 0.806. The van der Waals surface area contributed by atoms with Crippen LogP contribution in [0.1, 0.15) is 74.7 Å². The maximum Gasteiger partial charge on any atom is 0.317 e. The molecule has 0 spiro atoms. The number of fused-ring (bicyclic) bond motifs is 1. The number of amidine groups is 1. The number of cyclic esters (lactones) is 1. The lowest BCUT2D eigenvalue weighted by molar-refractivity contribution is -0.295. The minimum Gasteiger partial charge on any atom is -0.458 e. The van der Waals surface area contributed by atoms with Crippen molar-refractivity contribution in [3.05, 3.63) is 12.4 Å². The third-order valence-electron chi connectivity index (χ3n) is 11.1. The second-order valence-electron chi connectivity index (χ2n) is 15.1. The van der Waals surface area contributed by atoms with Gasteiger partial charge in [-0.3, -0.25) is 19.2 Å². The fourth-order valence-corrected chi connectivity index (χ4v) is 8.18. The molecular weight excluding hydrogens is 669 g/mol. The molecule has 3 aliphatic rings. The van der Waals surface area contributed by atoms with E-state index in [1.807, 2.05) is 25.9 Å². The summed E-state index contributed by atoms with van der Waals surface area (Å²) in [7, 11) is 5.12. The highest BCUT2D eigenvalue weighted by Crippen LogP contribution is 2.48. The Morgan fingerprint density at radius 2 is 1.71 bits per heavy atom. The van der Waals surface area contributed by atoms with E-state index in [1.165, 1.54) is 14.0 Å². The van der Waals surface area contributed by atoms with Gasteiger partial charge in [0.25, 0.3) is 0 Å². The first-order chi connectivity index (χ1) is 23.6. The van der Waals surface area contributed by atoms with Crippen LogP contribution in [0.25, 0.3) is 0 Å². The van der Waals surface area contributed by atoms with Gasteiger partial charge in [-0.15, -0.1) is 0 Å². The first-order valence-electron chi connectivity index (χ1n) is 17.6. The summed E-state index contributed by atoms with van der Waals surface area (Å²) in [4.78, 5) is 62.8. The fourth-order valence-electron chi connectivity index (χ4n) is 8.18. The van der Waals surface area contributed by atoms with Gasteiger partial charge in [-0.05, 0) is 61.1 Å². The first-order valence-corrected chi connectivity index (χ1v) is 17.6. The van der Waals surface area contributed by atoms with Crippen molar-refractivity contribution >= 4 is 29.3 Å². The number of hydrogen-bond acceptors (Lipinski definition) is 13. The lowest BCUT2D eigenvalue weighted by Crippen LogP contribution is -2.59. The number of Topliss-reactive ketones (excluding diaryl/α,β-unsaturated/α-hetero) is 2. The molecule has 0 aromatic carbocycles. The third-order valence-corrected chi connectivity index (χ3v) is 11.1. The van der Waals surface area contributed by atoms with E-state index in [9.17, 15) is 28.7 Å². The second kappa shape index (κ2) is 16.8. The molecule has 0 bridgehead atoms. The second-order valence-corrected chi connectivity index (χ2v) is 15.1. The Balaban J connectivity index is 2.16. The van der Waals surface area contributed by atoms with Crippen LogP contribution in [0.3, 0.4) is 0 Å². The Bertz CT molecular complexity index is 1340. The normalized spacial score (nSPS) is 41.8. The number of rotatable bonds is 9. The molecule has 3 saturated heterocycles. The molecule has 3 aliphatic heterocycles. The summed E-state index contributed by atoms with van der Waals surface area (Å²) in [5.41, 5.74) is 3.32. The lowest BCUT2D eigenvalue weighted by Gasteiger charge is -2.47. The standard InChI is InChI=1S/C36H58FN3O11/c1-13-24-36(9)26(25(33(45)51-36)31(38)39-47-16-18(3)37)20(5)27(41)17(2)15-35(8,46-12)30(21(6)28(42)22(7)32(44)49-24)50-34-29(43)23(40(10)11)14-19(4)48-34/h17,19-26,29-30,34,43H,3,13-16H2,1-2,4-12H3,(H2,38,39)/t17-,19?,20-,21+,22-,23?,24-,25?,26?,29?,30-,34?,35+,36-/m1/s1. The van der Waals surface area contributed by atoms with Gasteiger partial charge in [0.1, 0.15) is 35.7 Å². The van der Waals surface area contributed by atoms with Crippen LogP contribution in [-0.2, 0) is 47.7 Å². The van der Waals surface area contributed by atoms with Crippen molar-refractivity contribution in [1.29, 1.82) is 0 Å². The molecule has 0 radical (unpaired) electrons. The molecule has 51 heavy (non-hydrogen) atoms. The minimum atomic E-state index is -1.59. The Hall–Kier alpha value is -2.98. The van der Waals surface area contributed by atoms with Crippen molar-refractivity contribution < 1.29 is 57.2 Å². The highest BCUT2D eigenvalue weighted by Gasteiger charge is 2.62. The summed E-state index contributed by atoms with van der Waals surface area (Å²) in [6.07, 6.45) is -4.02. The molecule has 3 heterocycles. The number of carbonyl (C=O) groups excluding carboxylic acids is 4. The number of halogens is 1. The Labute approximate surface area is 300 Å². The van der Waals surface area contributed by atoms with Crippen molar-refractivity contribution in [2.45, 2.75) is 123 Å². The zero-order chi connectivity index (χ0) is 38.7. The summed E-state index contributed by atoms with van der Waals surface area (Å²) < 4.78 is 43.8. The van der Waals surface area contributed by atoms with Crippen molar-refractivity contribution in [3.63, 3.8) is 0 Å². The number of likely N-dealkylation sites (N-methyl/N-ethyl adjacent to an activating group) is 1. The molecule has 3 N–H and O–H groups in total. The summed E-state index contributed by atoms with van der Waals surface area (Å²) in [6, 6.07) is -0.311. The molecule has 0 aromatic rings. The number of nitrogens with zero attached hydrogens (tertiary/aromatic N) is 2. The zero-order valence-electron chi connectivity index (χ0n) is 31.8. The number of aliphatic hydroxyl groups excluding tert-OH is 1. The molecule has 6 unspecified atom stereocenters. The van der Waals surface area contributed by atoms with Crippen LogP contribution in [0.5, 0.6) is 0 Å². The molecule has 0 aromatic heterocycles. The molecule has 14 nitrogen and oxygen atoms in total. The van der Waals surface area contributed by atoms with Gasteiger partial charge in [0.15, 0.2) is 30.1 Å². The maximum absolute atomic E-state index is 14.5. The maximum atomic E-state index is 14.5. The van der Waals surface area contributed by atoms with Crippen LogP contribution in [0.2, 0.25) is 0 Å². The molecule has 3 fully saturated rings. The predicted molar refractivity (Wildman–Crippen MR) is 183 cm³/mol. The van der Waals surface area contributed by atoms with E-state index in [-0.39, 0.29) is 36.6 Å². The average Bonchev–Trinajstić information content (AvgIpc) is 3.34. The van der Waals surface area contributed by atoms with E-state index >= 15 is 0 Å². The number of hydrogen-bond donors (Lipinski definition) is 2. The van der Waals surface area contributed by atoms with Crippen LogP contribution in [0.15, 0.2) is 17.6 Å². The average molecular weight is 728 g/mol. The third kappa shape index (κ3) is 8.81. The van der Waals surface area contributed by atoms with Gasteiger partial charge in [0.05, 0.1) is 17.8 Å². The van der Waals surface area contributed by atoms with Gasteiger partial charge in [0, 0.05) is 36.8 Å². The Morgan fingerprint density at radius 3 is 2.25 bits per heavy atom. The van der Waals surface area contributed by atoms with Crippen molar-refractivity contribution in [1.82, 2.24) is 4.90 Å².